The number of hydrogen-bond acceptors (Lipinski definition) is 2. The van der Waals surface area contributed by atoms with Gasteiger partial charge >= 0.3 is 0 Å². The molecule has 2 aliphatic rings. The Morgan fingerprint density at radius 1 is 1.21 bits per heavy atom. The van der Waals surface area contributed by atoms with Gasteiger partial charge in [-0.3, -0.25) is 14.5 Å². The maximum absolute atomic E-state index is 13.2. The third-order valence-electron chi connectivity index (χ3n) is 4.03. The maximum Gasteiger partial charge on any atom is 0.237 e. The van der Waals surface area contributed by atoms with E-state index in [2.05, 4.69) is 22.9 Å². The van der Waals surface area contributed by atoms with Crippen LogP contribution in [-0.4, -0.2) is 11.8 Å². The Kier molecular flexibility index (Phi) is 2.96. The fraction of sp³-hybridized carbons (Fsp3) is 0.429. The molecule has 1 aromatic carbocycles. The van der Waals surface area contributed by atoms with Crippen molar-refractivity contribution in [2.24, 2.45) is 17.8 Å². The summed E-state index contributed by atoms with van der Waals surface area (Å²) in [6.07, 6.45) is 1.54. The topological polar surface area (TPSA) is 37.4 Å². The second-order valence-electron chi connectivity index (χ2n) is 5.40. The fourth-order valence-corrected chi connectivity index (χ4v) is 3.52. The number of nitrogens with zero attached hydrogens (tertiary/aromatic N) is 1. The maximum atomic E-state index is 13.2. The Morgan fingerprint density at radius 2 is 1.79 bits per heavy atom. The standard InChI is InChI=1S/C14H13BrFNO2/c1-7-4-9-10(5-7)14(19)17(13(9)18)8-2-3-12(16)11(15)6-8/h2-3,6-7,9-10H,4-5H2,1H3. The second kappa shape index (κ2) is 4.40. The minimum atomic E-state index is -0.406. The summed E-state index contributed by atoms with van der Waals surface area (Å²) in [5.74, 6) is -0.643. The average Bonchev–Trinajstić information content (AvgIpc) is 2.84. The summed E-state index contributed by atoms with van der Waals surface area (Å²) in [6.45, 7) is 2.07. The molecule has 1 aliphatic carbocycles. The lowest BCUT2D eigenvalue weighted by Crippen LogP contribution is -2.32. The summed E-state index contributed by atoms with van der Waals surface area (Å²) < 4.78 is 13.5. The van der Waals surface area contributed by atoms with E-state index in [-0.39, 0.29) is 28.1 Å². The van der Waals surface area contributed by atoms with Crippen LogP contribution in [0.1, 0.15) is 19.8 Å². The van der Waals surface area contributed by atoms with Gasteiger partial charge in [0.05, 0.1) is 22.0 Å². The van der Waals surface area contributed by atoms with E-state index in [4.69, 9.17) is 0 Å². The predicted octanol–water partition coefficient (Wildman–Crippen LogP) is 3.12. The van der Waals surface area contributed by atoms with Gasteiger partial charge in [0.25, 0.3) is 0 Å². The number of anilines is 1. The van der Waals surface area contributed by atoms with E-state index in [1.807, 2.05) is 0 Å². The fourth-order valence-electron chi connectivity index (χ4n) is 3.16. The highest BCUT2D eigenvalue weighted by molar-refractivity contribution is 9.10. The summed E-state index contributed by atoms with van der Waals surface area (Å²) >= 11 is 3.08. The minimum absolute atomic E-state index is 0.141. The van der Waals surface area contributed by atoms with Gasteiger partial charge in [0.15, 0.2) is 0 Å². The molecular weight excluding hydrogens is 313 g/mol. The molecule has 3 nitrogen and oxygen atoms in total. The highest BCUT2D eigenvalue weighted by atomic mass is 79.9. The molecular formula is C14H13BrFNO2. The van der Waals surface area contributed by atoms with Crippen LogP contribution >= 0.6 is 15.9 Å². The van der Waals surface area contributed by atoms with Gasteiger partial charge in [0.2, 0.25) is 11.8 Å². The van der Waals surface area contributed by atoms with Gasteiger partial charge in [-0.1, -0.05) is 6.92 Å². The smallest absolute Gasteiger partial charge is 0.237 e. The molecule has 0 radical (unpaired) electrons. The molecule has 1 heterocycles. The molecule has 1 aliphatic heterocycles. The molecule has 19 heavy (non-hydrogen) atoms. The molecule has 1 saturated carbocycles. The third-order valence-corrected chi connectivity index (χ3v) is 4.64. The van der Waals surface area contributed by atoms with E-state index in [0.717, 1.165) is 12.8 Å². The number of carbonyl (C=O) groups is 2. The first-order valence-corrected chi connectivity index (χ1v) is 7.11. The molecule has 3 rings (SSSR count). The van der Waals surface area contributed by atoms with E-state index in [1.165, 1.54) is 23.1 Å². The van der Waals surface area contributed by atoms with Gasteiger partial charge in [0.1, 0.15) is 5.82 Å². The number of amides is 2. The molecule has 0 bridgehead atoms. The van der Waals surface area contributed by atoms with Crippen LogP contribution in [0.4, 0.5) is 10.1 Å². The van der Waals surface area contributed by atoms with E-state index < -0.39 is 5.82 Å². The van der Waals surface area contributed by atoms with Crippen molar-refractivity contribution < 1.29 is 14.0 Å². The van der Waals surface area contributed by atoms with Gasteiger partial charge < -0.3 is 0 Å². The molecule has 0 spiro atoms. The van der Waals surface area contributed by atoms with Crippen molar-refractivity contribution in [3.05, 3.63) is 28.5 Å². The molecule has 2 fully saturated rings. The van der Waals surface area contributed by atoms with Crippen LogP contribution < -0.4 is 4.90 Å². The number of imide groups is 1. The zero-order valence-corrected chi connectivity index (χ0v) is 12.0. The second-order valence-corrected chi connectivity index (χ2v) is 6.25. The largest absolute Gasteiger partial charge is 0.274 e. The Hall–Kier alpha value is -1.23. The minimum Gasteiger partial charge on any atom is -0.274 e. The molecule has 1 saturated heterocycles. The third kappa shape index (κ3) is 1.91. The Bertz CT molecular complexity index is 551. The van der Waals surface area contributed by atoms with Gasteiger partial charge in [-0.15, -0.1) is 0 Å². The Labute approximate surface area is 118 Å². The van der Waals surface area contributed by atoms with E-state index >= 15 is 0 Å². The molecule has 100 valence electrons. The molecule has 2 atom stereocenters. The Morgan fingerprint density at radius 3 is 2.32 bits per heavy atom. The van der Waals surface area contributed by atoms with Gasteiger partial charge in [-0.05, 0) is 52.9 Å². The van der Waals surface area contributed by atoms with Gasteiger partial charge in [-0.25, -0.2) is 4.39 Å². The molecule has 5 heteroatoms. The number of benzene rings is 1. The lowest BCUT2D eigenvalue weighted by Gasteiger charge is -2.17. The van der Waals surface area contributed by atoms with Crippen molar-refractivity contribution in [1.29, 1.82) is 0 Å². The van der Waals surface area contributed by atoms with Crippen LogP contribution in [0.3, 0.4) is 0 Å². The van der Waals surface area contributed by atoms with Crippen molar-refractivity contribution in [3.8, 4) is 0 Å². The number of halogens is 2. The van der Waals surface area contributed by atoms with Crippen molar-refractivity contribution in [2.75, 3.05) is 4.90 Å². The lowest BCUT2D eigenvalue weighted by atomic mass is 10.00. The van der Waals surface area contributed by atoms with Gasteiger partial charge in [-0.2, -0.15) is 0 Å². The number of fused-ring (bicyclic) bond motifs is 1. The van der Waals surface area contributed by atoms with Crippen LogP contribution in [-0.2, 0) is 9.59 Å². The molecule has 2 amide bonds. The quantitative estimate of drug-likeness (QED) is 0.744. The number of hydrogen-bond donors (Lipinski definition) is 0. The van der Waals surface area contributed by atoms with E-state index in [9.17, 15) is 14.0 Å². The van der Waals surface area contributed by atoms with E-state index in [0.29, 0.717) is 11.6 Å². The summed E-state index contributed by atoms with van der Waals surface area (Å²) in [5.41, 5.74) is 0.449. The zero-order valence-electron chi connectivity index (χ0n) is 10.4. The summed E-state index contributed by atoms with van der Waals surface area (Å²) in [6, 6.07) is 4.21. The number of rotatable bonds is 1. The van der Waals surface area contributed by atoms with Crippen LogP contribution in [0.5, 0.6) is 0 Å². The highest BCUT2D eigenvalue weighted by Gasteiger charge is 2.52. The summed E-state index contributed by atoms with van der Waals surface area (Å²) in [5, 5.41) is 0. The van der Waals surface area contributed by atoms with Crippen LogP contribution in [0.15, 0.2) is 22.7 Å². The number of carbonyl (C=O) groups excluding carboxylic acids is 2. The monoisotopic (exact) mass is 325 g/mol. The molecule has 2 unspecified atom stereocenters. The highest BCUT2D eigenvalue weighted by Crippen LogP contribution is 2.44. The summed E-state index contributed by atoms with van der Waals surface area (Å²) in [4.78, 5) is 25.9. The van der Waals surface area contributed by atoms with Crippen molar-refractivity contribution >= 4 is 33.4 Å². The van der Waals surface area contributed by atoms with Crippen LogP contribution in [0.2, 0.25) is 0 Å². The van der Waals surface area contributed by atoms with Crippen molar-refractivity contribution in [3.63, 3.8) is 0 Å². The summed E-state index contributed by atoms with van der Waals surface area (Å²) in [7, 11) is 0. The van der Waals surface area contributed by atoms with Gasteiger partial charge in [0, 0.05) is 0 Å². The molecule has 0 N–H and O–H groups in total. The Balaban J connectivity index is 1.96. The lowest BCUT2D eigenvalue weighted by molar-refractivity contribution is -0.123. The first-order valence-electron chi connectivity index (χ1n) is 6.32. The van der Waals surface area contributed by atoms with Crippen LogP contribution in [0.25, 0.3) is 0 Å². The molecule has 0 aromatic heterocycles. The SMILES string of the molecule is CC1CC2C(=O)N(c3ccc(F)c(Br)c3)C(=O)C2C1. The molecule has 1 aromatic rings. The normalized spacial score (nSPS) is 30.1. The predicted molar refractivity (Wildman–Crippen MR) is 72.0 cm³/mol. The van der Waals surface area contributed by atoms with E-state index in [1.54, 1.807) is 0 Å². The first-order chi connectivity index (χ1) is 8.99. The van der Waals surface area contributed by atoms with Crippen molar-refractivity contribution in [2.45, 2.75) is 19.8 Å². The first kappa shape index (κ1) is 12.8. The van der Waals surface area contributed by atoms with Crippen molar-refractivity contribution in [1.82, 2.24) is 0 Å². The average molecular weight is 326 g/mol. The zero-order chi connectivity index (χ0) is 13.7. The van der Waals surface area contributed by atoms with Crippen LogP contribution in [0, 0.1) is 23.6 Å².